The average Bonchev–Trinajstić information content (AvgIpc) is 2.92. The van der Waals surface area contributed by atoms with Crippen molar-refractivity contribution in [1.82, 2.24) is 14.7 Å². The molecular formula is C15H9ClN4O. The molecule has 0 bridgehead atoms. The summed E-state index contributed by atoms with van der Waals surface area (Å²) < 4.78 is 1.64. The lowest BCUT2D eigenvalue weighted by molar-refractivity contribution is -0.640. The Morgan fingerprint density at radius 3 is 2.67 bits per heavy atom. The second-order valence-corrected chi connectivity index (χ2v) is 5.11. The van der Waals surface area contributed by atoms with Gasteiger partial charge in [0.1, 0.15) is 5.52 Å². The molecule has 5 nitrogen and oxygen atoms in total. The molecule has 0 radical (unpaired) electrons. The lowest BCUT2D eigenvalue weighted by Gasteiger charge is -2.01. The highest BCUT2D eigenvalue weighted by atomic mass is 35.5. The molecule has 102 valence electrons. The van der Waals surface area contributed by atoms with Crippen LogP contribution in [0.5, 0.6) is 0 Å². The Bertz CT molecular complexity index is 966. The third-order valence-corrected chi connectivity index (χ3v) is 3.56. The summed E-state index contributed by atoms with van der Waals surface area (Å²) in [6.45, 7) is 0. The Balaban J connectivity index is 2.07. The highest BCUT2D eigenvalue weighted by molar-refractivity contribution is 6.31. The van der Waals surface area contributed by atoms with E-state index in [2.05, 4.69) is 10.2 Å². The Morgan fingerprint density at radius 1 is 1.05 bits per heavy atom. The highest BCUT2D eigenvalue weighted by Crippen LogP contribution is 2.22. The summed E-state index contributed by atoms with van der Waals surface area (Å²) in [5, 5.41) is 21.1. The zero-order valence-electron chi connectivity index (χ0n) is 10.8. The van der Waals surface area contributed by atoms with Crippen molar-refractivity contribution in [2.24, 2.45) is 0 Å². The van der Waals surface area contributed by atoms with Gasteiger partial charge in [0, 0.05) is 27.8 Å². The number of hydrogen-bond acceptors (Lipinski definition) is 3. The summed E-state index contributed by atoms with van der Waals surface area (Å²) in [6, 6.07) is 16.5. The van der Waals surface area contributed by atoms with Crippen molar-refractivity contribution in [1.29, 1.82) is 0 Å². The number of aromatic nitrogens is 4. The maximum atomic E-state index is 12.0. The molecule has 0 N–H and O–H groups in total. The normalized spacial score (nSPS) is 11.3. The number of fused-ring (bicyclic) bond motifs is 3. The Morgan fingerprint density at radius 2 is 1.86 bits per heavy atom. The van der Waals surface area contributed by atoms with Crippen LogP contribution in [0.15, 0.2) is 54.6 Å². The van der Waals surface area contributed by atoms with Crippen molar-refractivity contribution in [2.45, 2.75) is 0 Å². The molecule has 0 unspecified atom stereocenters. The van der Waals surface area contributed by atoms with Gasteiger partial charge >= 0.3 is 0 Å². The van der Waals surface area contributed by atoms with Gasteiger partial charge in [-0.25, -0.2) is 4.52 Å². The molecule has 6 heteroatoms. The zero-order chi connectivity index (χ0) is 14.4. The summed E-state index contributed by atoms with van der Waals surface area (Å²) in [6.07, 6.45) is 0. The molecule has 0 aliphatic heterocycles. The SMILES string of the molecule is [O-][n+]1nc2cc(-c3ccccc3)nn2c2cc(Cl)ccc21. The Kier molecular flexibility index (Phi) is 2.55. The van der Waals surface area contributed by atoms with Gasteiger partial charge in [-0.1, -0.05) is 41.9 Å². The molecule has 0 aliphatic rings. The third kappa shape index (κ3) is 1.90. The Labute approximate surface area is 124 Å². The van der Waals surface area contributed by atoms with Gasteiger partial charge in [-0.05, 0) is 17.0 Å². The van der Waals surface area contributed by atoms with Crippen LogP contribution in [0.3, 0.4) is 0 Å². The predicted molar refractivity (Wildman–Crippen MR) is 79.9 cm³/mol. The van der Waals surface area contributed by atoms with Crippen molar-refractivity contribution in [3.63, 3.8) is 0 Å². The number of hydrogen-bond donors (Lipinski definition) is 0. The first kappa shape index (κ1) is 12.1. The predicted octanol–water partition coefficient (Wildman–Crippen LogP) is 2.84. The van der Waals surface area contributed by atoms with Gasteiger partial charge in [-0.15, -0.1) is 0 Å². The first-order valence-corrected chi connectivity index (χ1v) is 6.74. The molecule has 0 aliphatic carbocycles. The van der Waals surface area contributed by atoms with Crippen LogP contribution in [0.1, 0.15) is 0 Å². The number of halogens is 1. The van der Waals surface area contributed by atoms with E-state index in [0.717, 1.165) is 11.3 Å². The van der Waals surface area contributed by atoms with E-state index >= 15 is 0 Å². The molecule has 0 amide bonds. The lowest BCUT2D eigenvalue weighted by Crippen LogP contribution is -2.32. The summed E-state index contributed by atoms with van der Waals surface area (Å²) >= 11 is 6.02. The maximum absolute atomic E-state index is 12.0. The maximum Gasteiger partial charge on any atom is 0.270 e. The summed E-state index contributed by atoms with van der Waals surface area (Å²) in [7, 11) is 0. The van der Waals surface area contributed by atoms with Crippen molar-refractivity contribution < 1.29 is 4.85 Å². The second-order valence-electron chi connectivity index (χ2n) is 4.67. The van der Waals surface area contributed by atoms with Gasteiger partial charge in [0.05, 0.1) is 5.69 Å². The molecule has 4 aromatic rings. The van der Waals surface area contributed by atoms with Crippen LogP contribution in [0, 0.1) is 5.21 Å². The van der Waals surface area contributed by atoms with Crippen molar-refractivity contribution in [3.05, 3.63) is 64.8 Å². The first-order valence-electron chi connectivity index (χ1n) is 6.37. The van der Waals surface area contributed by atoms with Gasteiger partial charge < -0.3 is 5.21 Å². The zero-order valence-corrected chi connectivity index (χ0v) is 11.5. The molecule has 0 saturated heterocycles. The van der Waals surface area contributed by atoms with Gasteiger partial charge in [0.2, 0.25) is 5.65 Å². The number of rotatable bonds is 1. The fourth-order valence-electron chi connectivity index (χ4n) is 2.34. The van der Waals surface area contributed by atoms with E-state index in [4.69, 9.17) is 11.6 Å². The second kappa shape index (κ2) is 4.43. The van der Waals surface area contributed by atoms with Gasteiger partial charge in [0.15, 0.2) is 0 Å². The monoisotopic (exact) mass is 296 g/mol. The molecule has 2 aromatic heterocycles. The van der Waals surface area contributed by atoms with Crippen LogP contribution < -0.4 is 4.85 Å². The van der Waals surface area contributed by atoms with Gasteiger partial charge in [-0.3, -0.25) is 0 Å². The largest absolute Gasteiger partial charge is 0.594 e. The Hall–Kier alpha value is -2.66. The van der Waals surface area contributed by atoms with Crippen LogP contribution >= 0.6 is 11.6 Å². The van der Waals surface area contributed by atoms with Gasteiger partial charge in [-0.2, -0.15) is 5.10 Å². The molecule has 2 heterocycles. The number of nitrogens with zero attached hydrogens (tertiary/aromatic N) is 4. The molecule has 21 heavy (non-hydrogen) atoms. The van der Waals surface area contributed by atoms with Crippen molar-refractivity contribution in [3.8, 4) is 11.3 Å². The minimum Gasteiger partial charge on any atom is -0.594 e. The van der Waals surface area contributed by atoms with E-state index in [9.17, 15) is 5.21 Å². The van der Waals surface area contributed by atoms with Crippen LogP contribution in [0.2, 0.25) is 5.02 Å². The van der Waals surface area contributed by atoms with Crippen LogP contribution in [0.4, 0.5) is 0 Å². The topological polar surface area (TPSA) is 57.1 Å². The number of benzene rings is 2. The molecule has 4 rings (SSSR count). The average molecular weight is 297 g/mol. The van der Waals surface area contributed by atoms with E-state index in [1.807, 2.05) is 30.3 Å². The first-order chi connectivity index (χ1) is 10.2. The smallest absolute Gasteiger partial charge is 0.270 e. The van der Waals surface area contributed by atoms with Crippen LogP contribution in [-0.2, 0) is 0 Å². The molecule has 2 aromatic carbocycles. The minimum absolute atomic E-state index is 0.426. The van der Waals surface area contributed by atoms with Crippen LogP contribution in [0.25, 0.3) is 27.9 Å². The van der Waals surface area contributed by atoms with E-state index in [1.165, 1.54) is 0 Å². The molecule has 0 atom stereocenters. The third-order valence-electron chi connectivity index (χ3n) is 3.33. The molecule has 0 fully saturated rings. The lowest BCUT2D eigenvalue weighted by atomic mass is 10.2. The van der Waals surface area contributed by atoms with Crippen molar-refractivity contribution in [2.75, 3.05) is 0 Å². The van der Waals surface area contributed by atoms with E-state index in [0.29, 0.717) is 26.5 Å². The molecule has 0 spiro atoms. The quantitative estimate of drug-likeness (QED) is 0.401. The summed E-state index contributed by atoms with van der Waals surface area (Å²) in [4.78, 5) is 0.595. The standard InChI is InChI=1S/C15H9ClN4O/c16-11-6-7-13-14(8-11)19-15(18-20(13)21)9-12(17-19)10-4-2-1-3-5-10/h1-9H. The van der Waals surface area contributed by atoms with E-state index < -0.39 is 0 Å². The van der Waals surface area contributed by atoms with E-state index in [-0.39, 0.29) is 0 Å². The fourth-order valence-corrected chi connectivity index (χ4v) is 2.51. The van der Waals surface area contributed by atoms with Crippen molar-refractivity contribution >= 4 is 28.3 Å². The van der Waals surface area contributed by atoms with E-state index in [1.54, 1.807) is 28.8 Å². The minimum atomic E-state index is 0.426. The highest BCUT2D eigenvalue weighted by Gasteiger charge is 2.15. The molecule has 0 saturated carbocycles. The van der Waals surface area contributed by atoms with Crippen LogP contribution in [-0.4, -0.2) is 14.7 Å². The van der Waals surface area contributed by atoms with Gasteiger partial charge in [0.25, 0.3) is 5.52 Å². The fraction of sp³-hybridized carbons (Fsp3) is 0. The molecular weight excluding hydrogens is 288 g/mol. The summed E-state index contributed by atoms with van der Waals surface area (Å²) in [5.41, 5.74) is 3.27. The summed E-state index contributed by atoms with van der Waals surface area (Å²) in [5.74, 6) is 0.